The maximum Gasteiger partial charge on any atom is 0.237 e. The zero-order valence-corrected chi connectivity index (χ0v) is 13.3. The summed E-state index contributed by atoms with van der Waals surface area (Å²) >= 11 is 0. The molecule has 0 bridgehead atoms. The molecule has 0 aromatic carbocycles. The first kappa shape index (κ1) is 16.4. The third-order valence-corrected chi connectivity index (χ3v) is 3.60. The van der Waals surface area contributed by atoms with Gasteiger partial charge in [-0.25, -0.2) is 0 Å². The second-order valence-corrected chi connectivity index (χ2v) is 7.74. The van der Waals surface area contributed by atoms with E-state index in [1.165, 1.54) is 0 Å². The lowest BCUT2D eigenvalue weighted by Gasteiger charge is -2.46. The fraction of sp³-hybridized carbons (Fsp3) is 0.933. The number of hydrogen-bond acceptors (Lipinski definition) is 3. The lowest BCUT2D eigenvalue weighted by atomic mass is 9.79. The number of amides is 1. The van der Waals surface area contributed by atoms with Gasteiger partial charge in [0, 0.05) is 17.1 Å². The highest BCUT2D eigenvalue weighted by Crippen LogP contribution is 2.28. The second kappa shape index (κ2) is 5.80. The summed E-state index contributed by atoms with van der Waals surface area (Å²) in [5, 5.41) is 6.75. The molecule has 19 heavy (non-hydrogen) atoms. The van der Waals surface area contributed by atoms with Crippen LogP contribution in [0.4, 0.5) is 0 Å². The van der Waals surface area contributed by atoms with Gasteiger partial charge in [-0.3, -0.25) is 4.79 Å². The summed E-state index contributed by atoms with van der Waals surface area (Å²) in [4.78, 5) is 12.1. The molecule has 4 nitrogen and oxygen atoms in total. The van der Waals surface area contributed by atoms with Crippen molar-refractivity contribution >= 4 is 5.91 Å². The summed E-state index contributed by atoms with van der Waals surface area (Å²) in [5.74, 6) is 0.439. The van der Waals surface area contributed by atoms with Gasteiger partial charge < -0.3 is 16.4 Å². The van der Waals surface area contributed by atoms with Crippen LogP contribution in [0.3, 0.4) is 0 Å². The number of piperidine rings is 1. The van der Waals surface area contributed by atoms with E-state index in [2.05, 4.69) is 52.2 Å². The van der Waals surface area contributed by atoms with E-state index in [0.29, 0.717) is 5.92 Å². The number of hydrogen-bond donors (Lipinski definition) is 3. The molecule has 1 rings (SSSR count). The average Bonchev–Trinajstić information content (AvgIpc) is 2.10. The predicted molar refractivity (Wildman–Crippen MR) is 79.9 cm³/mol. The molecule has 4 N–H and O–H groups in total. The van der Waals surface area contributed by atoms with Gasteiger partial charge in [0.15, 0.2) is 0 Å². The molecular formula is C15H31N3O. The molecule has 0 aromatic rings. The van der Waals surface area contributed by atoms with Crippen molar-refractivity contribution in [3.8, 4) is 0 Å². The van der Waals surface area contributed by atoms with E-state index in [-0.39, 0.29) is 29.1 Å². The third kappa shape index (κ3) is 5.49. The summed E-state index contributed by atoms with van der Waals surface area (Å²) < 4.78 is 0. The topological polar surface area (TPSA) is 67.2 Å². The average molecular weight is 269 g/mol. The minimum atomic E-state index is -0.388. The summed E-state index contributed by atoms with van der Waals surface area (Å²) in [6, 6.07) is -0.182. The molecule has 1 aliphatic heterocycles. The van der Waals surface area contributed by atoms with Crippen LogP contribution in [0.5, 0.6) is 0 Å². The fourth-order valence-electron chi connectivity index (χ4n) is 3.35. The Labute approximate surface area is 117 Å². The normalized spacial score (nSPS) is 24.2. The molecule has 0 radical (unpaired) electrons. The molecule has 0 aliphatic carbocycles. The monoisotopic (exact) mass is 269 g/mol. The first-order valence-electron chi connectivity index (χ1n) is 7.36. The van der Waals surface area contributed by atoms with Crippen molar-refractivity contribution in [2.45, 2.75) is 84.0 Å². The van der Waals surface area contributed by atoms with Crippen LogP contribution in [0.15, 0.2) is 0 Å². The van der Waals surface area contributed by atoms with Gasteiger partial charge in [-0.05, 0) is 52.9 Å². The Hall–Kier alpha value is -0.610. The summed E-state index contributed by atoms with van der Waals surface area (Å²) in [7, 11) is 0. The van der Waals surface area contributed by atoms with Crippen LogP contribution in [-0.2, 0) is 4.79 Å². The molecule has 4 heteroatoms. The van der Waals surface area contributed by atoms with Crippen LogP contribution in [0, 0.1) is 5.92 Å². The van der Waals surface area contributed by atoms with E-state index >= 15 is 0 Å². The van der Waals surface area contributed by atoms with Gasteiger partial charge in [0.1, 0.15) is 0 Å². The quantitative estimate of drug-likeness (QED) is 0.729. The first-order chi connectivity index (χ1) is 8.51. The molecule has 1 fully saturated rings. The van der Waals surface area contributed by atoms with E-state index in [9.17, 15) is 4.79 Å². The van der Waals surface area contributed by atoms with Crippen molar-refractivity contribution < 1.29 is 4.79 Å². The zero-order valence-electron chi connectivity index (χ0n) is 13.3. The van der Waals surface area contributed by atoms with Crippen molar-refractivity contribution in [3.05, 3.63) is 0 Å². The molecule has 1 saturated heterocycles. The number of nitrogens with one attached hydrogen (secondary N) is 2. The summed E-state index contributed by atoms with van der Waals surface area (Å²) in [6.45, 7) is 12.9. The molecule has 1 heterocycles. The SMILES string of the molecule is CC(C)C[C@@H](N)C(=O)NC1CC(C)(C)NC(C)(C)C1. The van der Waals surface area contributed by atoms with Crippen molar-refractivity contribution in [2.24, 2.45) is 11.7 Å². The number of nitrogens with two attached hydrogens (primary N) is 1. The molecule has 0 unspecified atom stereocenters. The molecule has 1 aliphatic rings. The Bertz CT molecular complexity index is 307. The summed E-state index contributed by atoms with van der Waals surface area (Å²) in [5.41, 5.74) is 6.03. The van der Waals surface area contributed by atoms with Gasteiger partial charge >= 0.3 is 0 Å². The van der Waals surface area contributed by atoms with Gasteiger partial charge in [-0.2, -0.15) is 0 Å². The van der Waals surface area contributed by atoms with Crippen molar-refractivity contribution in [2.75, 3.05) is 0 Å². The lowest BCUT2D eigenvalue weighted by molar-refractivity contribution is -0.124. The molecule has 112 valence electrons. The van der Waals surface area contributed by atoms with E-state index < -0.39 is 0 Å². The highest BCUT2D eigenvalue weighted by molar-refractivity contribution is 5.81. The van der Waals surface area contributed by atoms with E-state index in [0.717, 1.165) is 19.3 Å². The predicted octanol–water partition coefficient (Wildman–Crippen LogP) is 1.79. The van der Waals surface area contributed by atoms with Gasteiger partial charge in [0.2, 0.25) is 5.91 Å². The van der Waals surface area contributed by atoms with E-state index in [4.69, 9.17) is 5.73 Å². The third-order valence-electron chi connectivity index (χ3n) is 3.60. The fourth-order valence-corrected chi connectivity index (χ4v) is 3.35. The van der Waals surface area contributed by atoms with Crippen molar-refractivity contribution in [1.82, 2.24) is 10.6 Å². The van der Waals surface area contributed by atoms with Crippen molar-refractivity contribution in [3.63, 3.8) is 0 Å². The van der Waals surface area contributed by atoms with Crippen LogP contribution >= 0.6 is 0 Å². The Kier molecular flexibility index (Phi) is 5.02. The largest absolute Gasteiger partial charge is 0.352 e. The lowest BCUT2D eigenvalue weighted by Crippen LogP contribution is -2.63. The molecule has 0 spiro atoms. The molecule has 0 saturated carbocycles. The van der Waals surface area contributed by atoms with Crippen LogP contribution in [0.2, 0.25) is 0 Å². The number of rotatable bonds is 4. The van der Waals surface area contributed by atoms with E-state index in [1.807, 2.05) is 0 Å². The standard InChI is InChI=1S/C15H31N3O/c1-10(2)7-12(16)13(19)17-11-8-14(3,4)18-15(5,6)9-11/h10-12,18H,7-9,16H2,1-6H3,(H,17,19)/t12-/m1/s1. The number of carbonyl (C=O) groups excluding carboxylic acids is 1. The van der Waals surface area contributed by atoms with Gasteiger partial charge in [0.25, 0.3) is 0 Å². The van der Waals surface area contributed by atoms with Crippen LogP contribution in [-0.4, -0.2) is 29.1 Å². The maximum atomic E-state index is 12.1. The summed E-state index contributed by atoms with van der Waals surface area (Å²) in [6.07, 6.45) is 2.62. The highest BCUT2D eigenvalue weighted by atomic mass is 16.2. The first-order valence-corrected chi connectivity index (χ1v) is 7.36. The maximum absolute atomic E-state index is 12.1. The van der Waals surface area contributed by atoms with Gasteiger partial charge in [-0.1, -0.05) is 13.8 Å². The zero-order chi connectivity index (χ0) is 14.8. The van der Waals surface area contributed by atoms with Crippen LogP contribution < -0.4 is 16.4 Å². The highest BCUT2D eigenvalue weighted by Gasteiger charge is 2.38. The van der Waals surface area contributed by atoms with Crippen LogP contribution in [0.25, 0.3) is 0 Å². The molecule has 0 aromatic heterocycles. The Morgan fingerprint density at radius 2 is 1.74 bits per heavy atom. The van der Waals surface area contributed by atoms with E-state index in [1.54, 1.807) is 0 Å². The van der Waals surface area contributed by atoms with Gasteiger partial charge in [0.05, 0.1) is 6.04 Å². The number of carbonyl (C=O) groups is 1. The van der Waals surface area contributed by atoms with Crippen LogP contribution in [0.1, 0.15) is 60.8 Å². The molecule has 1 atom stereocenters. The molecule has 1 amide bonds. The molecular weight excluding hydrogens is 238 g/mol. The van der Waals surface area contributed by atoms with Crippen molar-refractivity contribution in [1.29, 1.82) is 0 Å². The Morgan fingerprint density at radius 3 is 2.16 bits per heavy atom. The minimum absolute atomic E-state index is 0.00722. The Balaban J connectivity index is 2.59. The van der Waals surface area contributed by atoms with Gasteiger partial charge in [-0.15, -0.1) is 0 Å². The second-order valence-electron chi connectivity index (χ2n) is 7.74. The smallest absolute Gasteiger partial charge is 0.237 e. The Morgan fingerprint density at radius 1 is 1.26 bits per heavy atom. The minimum Gasteiger partial charge on any atom is -0.352 e.